The summed E-state index contributed by atoms with van der Waals surface area (Å²) in [5.41, 5.74) is 0. The fraction of sp³-hybridized carbons (Fsp3) is 1.00. The quantitative estimate of drug-likeness (QED) is 0.638. The van der Waals surface area contributed by atoms with Crippen molar-refractivity contribution in [3.05, 3.63) is 0 Å². The van der Waals surface area contributed by atoms with E-state index in [4.69, 9.17) is 0 Å². The Morgan fingerprint density at radius 3 is 2.25 bits per heavy atom. The number of halogens is 2. The zero-order valence-corrected chi connectivity index (χ0v) is 7.76. The number of likely N-dealkylation sites (tertiary alicyclic amines) is 1. The van der Waals surface area contributed by atoms with Crippen LogP contribution in [0.4, 0.5) is 8.78 Å². The van der Waals surface area contributed by atoms with E-state index in [2.05, 4.69) is 6.92 Å². The van der Waals surface area contributed by atoms with Crippen molar-refractivity contribution in [1.29, 1.82) is 0 Å². The Morgan fingerprint density at radius 1 is 1.33 bits per heavy atom. The molecule has 0 N–H and O–H groups in total. The van der Waals surface area contributed by atoms with Crippen LogP contribution < -0.4 is 0 Å². The molecule has 1 fully saturated rings. The maximum absolute atomic E-state index is 12.8. The first-order valence-corrected chi connectivity index (χ1v) is 4.67. The lowest BCUT2D eigenvalue weighted by Gasteiger charge is -2.22. The van der Waals surface area contributed by atoms with Gasteiger partial charge in [-0.3, -0.25) is 4.90 Å². The molecule has 0 spiro atoms. The lowest BCUT2D eigenvalue weighted by Crippen LogP contribution is -2.31. The fourth-order valence-electron chi connectivity index (χ4n) is 1.71. The Kier molecular flexibility index (Phi) is 3.44. The lowest BCUT2D eigenvalue weighted by molar-refractivity contribution is 0.217. The predicted molar refractivity (Wildman–Crippen MR) is 45.7 cm³/mol. The second kappa shape index (κ2) is 4.17. The Balaban J connectivity index is 2.35. The molecule has 0 amide bonds. The second-order valence-corrected chi connectivity index (χ2v) is 3.62. The normalized spacial score (nSPS) is 34.0. The molecular weight excluding hydrogens is 160 g/mol. The molecule has 0 aromatic rings. The van der Waals surface area contributed by atoms with Gasteiger partial charge in [0.25, 0.3) is 0 Å². The van der Waals surface area contributed by atoms with Gasteiger partial charge in [0.1, 0.15) is 12.3 Å². The number of hydrogen-bond donors (Lipinski definition) is 0. The zero-order valence-electron chi connectivity index (χ0n) is 7.76. The molecule has 3 heteroatoms. The number of nitrogens with zero attached hydrogens (tertiary/aromatic N) is 1. The van der Waals surface area contributed by atoms with Gasteiger partial charge in [-0.15, -0.1) is 0 Å². The van der Waals surface area contributed by atoms with Crippen LogP contribution >= 0.6 is 0 Å². The van der Waals surface area contributed by atoms with E-state index in [9.17, 15) is 8.78 Å². The van der Waals surface area contributed by atoms with Gasteiger partial charge in [-0.25, -0.2) is 8.78 Å². The predicted octanol–water partition coefficient (Wildman–Crippen LogP) is 2.17. The largest absolute Gasteiger partial charge is 0.295 e. The van der Waals surface area contributed by atoms with Crippen LogP contribution in [-0.4, -0.2) is 36.4 Å². The third-order valence-electron chi connectivity index (χ3n) is 2.54. The molecule has 1 rings (SSSR count). The van der Waals surface area contributed by atoms with E-state index < -0.39 is 12.3 Å². The van der Waals surface area contributed by atoms with E-state index in [1.165, 1.54) is 0 Å². The number of hydrogen-bond acceptors (Lipinski definition) is 1. The molecule has 72 valence electrons. The molecule has 0 radical (unpaired) electrons. The maximum Gasteiger partial charge on any atom is 0.145 e. The molecule has 1 saturated heterocycles. The molecule has 1 unspecified atom stereocenters. The van der Waals surface area contributed by atoms with Crippen molar-refractivity contribution in [2.75, 3.05) is 13.1 Å². The van der Waals surface area contributed by atoms with Crippen LogP contribution in [0.5, 0.6) is 0 Å². The van der Waals surface area contributed by atoms with Gasteiger partial charge in [0.05, 0.1) is 0 Å². The van der Waals surface area contributed by atoms with E-state index in [0.717, 1.165) is 12.8 Å². The van der Waals surface area contributed by atoms with Gasteiger partial charge in [0, 0.05) is 19.1 Å². The molecular formula is C9H17F2N. The van der Waals surface area contributed by atoms with Gasteiger partial charge in [-0.2, -0.15) is 0 Å². The summed E-state index contributed by atoms with van der Waals surface area (Å²) in [4.78, 5) is 1.90. The van der Waals surface area contributed by atoms with Crippen LogP contribution in [0.25, 0.3) is 0 Å². The monoisotopic (exact) mass is 177 g/mol. The summed E-state index contributed by atoms with van der Waals surface area (Å²) in [5, 5.41) is 0. The average molecular weight is 177 g/mol. The minimum Gasteiger partial charge on any atom is -0.295 e. The van der Waals surface area contributed by atoms with Crippen molar-refractivity contribution >= 4 is 0 Å². The highest BCUT2D eigenvalue weighted by molar-refractivity contribution is 4.86. The summed E-state index contributed by atoms with van der Waals surface area (Å²) >= 11 is 0. The topological polar surface area (TPSA) is 3.24 Å². The van der Waals surface area contributed by atoms with Crippen molar-refractivity contribution in [3.63, 3.8) is 0 Å². The Bertz CT molecular complexity index is 130. The minimum atomic E-state index is -1.26. The molecule has 0 aromatic heterocycles. The minimum absolute atomic E-state index is 0.280. The highest BCUT2D eigenvalue weighted by atomic mass is 19.2. The van der Waals surface area contributed by atoms with Gasteiger partial charge in [0.15, 0.2) is 0 Å². The molecule has 3 atom stereocenters. The summed E-state index contributed by atoms with van der Waals surface area (Å²) in [6.45, 7) is 4.69. The first-order chi connectivity index (χ1) is 5.65. The molecule has 1 heterocycles. The highest BCUT2D eigenvalue weighted by Gasteiger charge is 2.34. The molecule has 0 aromatic carbocycles. The smallest absolute Gasteiger partial charge is 0.145 e. The third-order valence-corrected chi connectivity index (χ3v) is 2.54. The summed E-state index contributed by atoms with van der Waals surface area (Å²) in [6.07, 6.45) is -0.418. The van der Waals surface area contributed by atoms with Crippen LogP contribution in [0.1, 0.15) is 26.7 Å². The summed E-state index contributed by atoms with van der Waals surface area (Å²) in [7, 11) is 0. The van der Waals surface area contributed by atoms with Crippen molar-refractivity contribution in [2.45, 2.75) is 45.1 Å². The van der Waals surface area contributed by atoms with Crippen molar-refractivity contribution in [1.82, 2.24) is 4.90 Å². The fourth-order valence-corrected chi connectivity index (χ4v) is 1.71. The number of rotatable bonds is 3. The van der Waals surface area contributed by atoms with Crippen LogP contribution in [0.15, 0.2) is 0 Å². The van der Waals surface area contributed by atoms with E-state index in [0.29, 0.717) is 6.04 Å². The standard InChI is InChI=1S/C9H17F2N/c1-3-4-7(2)12-5-8(10)9(11)6-12/h7-9H,3-6H2,1-2H3/t7?,8-,9+. The molecule has 1 nitrogen and oxygen atoms in total. The van der Waals surface area contributed by atoms with Crippen molar-refractivity contribution in [2.24, 2.45) is 0 Å². The third kappa shape index (κ3) is 2.16. The molecule has 12 heavy (non-hydrogen) atoms. The molecule has 1 aliphatic rings. The van der Waals surface area contributed by atoms with E-state index in [-0.39, 0.29) is 13.1 Å². The zero-order chi connectivity index (χ0) is 9.14. The summed E-state index contributed by atoms with van der Waals surface area (Å²) in [6, 6.07) is 0.328. The summed E-state index contributed by atoms with van der Waals surface area (Å²) < 4.78 is 25.5. The van der Waals surface area contributed by atoms with Gasteiger partial charge in [-0.1, -0.05) is 13.3 Å². The van der Waals surface area contributed by atoms with Gasteiger partial charge >= 0.3 is 0 Å². The maximum atomic E-state index is 12.8. The van der Waals surface area contributed by atoms with Crippen LogP contribution in [-0.2, 0) is 0 Å². The van der Waals surface area contributed by atoms with E-state index in [1.54, 1.807) is 0 Å². The SMILES string of the molecule is CCCC(C)N1C[C@@H](F)[C@@H](F)C1. The van der Waals surface area contributed by atoms with E-state index in [1.807, 2.05) is 11.8 Å². The van der Waals surface area contributed by atoms with Crippen molar-refractivity contribution < 1.29 is 8.78 Å². The van der Waals surface area contributed by atoms with E-state index >= 15 is 0 Å². The Hall–Kier alpha value is -0.180. The highest BCUT2D eigenvalue weighted by Crippen LogP contribution is 2.20. The molecule has 1 aliphatic heterocycles. The van der Waals surface area contributed by atoms with Gasteiger partial charge < -0.3 is 0 Å². The van der Waals surface area contributed by atoms with Crippen LogP contribution in [0.2, 0.25) is 0 Å². The summed E-state index contributed by atoms with van der Waals surface area (Å²) in [5.74, 6) is 0. The first-order valence-electron chi connectivity index (χ1n) is 4.67. The Labute approximate surface area is 72.7 Å². The van der Waals surface area contributed by atoms with Crippen LogP contribution in [0, 0.1) is 0 Å². The molecule has 0 aliphatic carbocycles. The van der Waals surface area contributed by atoms with Crippen molar-refractivity contribution in [3.8, 4) is 0 Å². The molecule has 0 saturated carbocycles. The lowest BCUT2D eigenvalue weighted by atomic mass is 10.2. The van der Waals surface area contributed by atoms with Crippen LogP contribution in [0.3, 0.4) is 0 Å². The first kappa shape index (κ1) is 9.90. The average Bonchev–Trinajstić information content (AvgIpc) is 2.33. The number of alkyl halides is 2. The van der Waals surface area contributed by atoms with Gasteiger partial charge in [0.2, 0.25) is 0 Å². The molecule has 0 bridgehead atoms. The second-order valence-electron chi connectivity index (χ2n) is 3.62. The Morgan fingerprint density at radius 2 is 1.83 bits per heavy atom. The van der Waals surface area contributed by atoms with Gasteiger partial charge in [-0.05, 0) is 13.3 Å².